The molecule has 0 atom stereocenters. The van der Waals surface area contributed by atoms with Gasteiger partial charge >= 0.3 is 5.69 Å². The van der Waals surface area contributed by atoms with Crippen molar-refractivity contribution < 1.29 is 4.79 Å². The number of amides is 1. The number of rotatable bonds is 4. The van der Waals surface area contributed by atoms with Crippen LogP contribution in [0.1, 0.15) is 46.2 Å². The summed E-state index contributed by atoms with van der Waals surface area (Å²) in [7, 11) is 0. The van der Waals surface area contributed by atoms with E-state index in [1.54, 1.807) is 16.4 Å². The van der Waals surface area contributed by atoms with Crippen molar-refractivity contribution in [2.24, 2.45) is 0 Å². The van der Waals surface area contributed by atoms with Crippen LogP contribution in [0.15, 0.2) is 16.5 Å². The van der Waals surface area contributed by atoms with Gasteiger partial charge in [-0.05, 0) is 33.6 Å². The Morgan fingerprint density at radius 1 is 1.43 bits per heavy atom. The lowest BCUT2D eigenvalue weighted by Crippen LogP contribution is -2.36. The molecule has 1 saturated carbocycles. The molecule has 0 saturated heterocycles. The highest BCUT2D eigenvalue weighted by molar-refractivity contribution is 7.14. The topological polar surface area (TPSA) is 73.0 Å². The summed E-state index contributed by atoms with van der Waals surface area (Å²) in [6.45, 7) is 7.74. The average Bonchev–Trinajstić information content (AvgIpc) is 3.03. The second-order valence-corrected chi connectivity index (χ2v) is 7.70. The zero-order chi connectivity index (χ0) is 16.8. The van der Waals surface area contributed by atoms with Crippen LogP contribution in [0.3, 0.4) is 0 Å². The van der Waals surface area contributed by atoms with Gasteiger partial charge in [-0.1, -0.05) is 0 Å². The molecular weight excluding hydrogens is 314 g/mol. The van der Waals surface area contributed by atoms with Gasteiger partial charge < -0.3 is 0 Å². The number of hydrogen-bond acceptors (Lipinski definition) is 5. The van der Waals surface area contributed by atoms with Crippen LogP contribution in [0, 0.1) is 0 Å². The molecule has 1 amide bonds. The normalized spacial score (nSPS) is 15.0. The fourth-order valence-electron chi connectivity index (χ4n) is 2.44. The van der Waals surface area contributed by atoms with Crippen LogP contribution in [0.2, 0.25) is 0 Å². The van der Waals surface area contributed by atoms with E-state index in [2.05, 4.69) is 10.1 Å². The van der Waals surface area contributed by atoms with E-state index < -0.39 is 0 Å². The van der Waals surface area contributed by atoms with Gasteiger partial charge in [0.25, 0.3) is 0 Å². The molecule has 0 unspecified atom stereocenters. The highest BCUT2D eigenvalue weighted by Crippen LogP contribution is 2.33. The predicted octanol–water partition coefficient (Wildman–Crippen LogP) is 1.82. The Bertz CT molecular complexity index is 778. The highest BCUT2D eigenvalue weighted by atomic mass is 32.1. The number of nitrogens with zero attached hydrogens (tertiary/aromatic N) is 5. The first-order chi connectivity index (χ1) is 10.8. The Labute approximate surface area is 138 Å². The maximum absolute atomic E-state index is 12.4. The van der Waals surface area contributed by atoms with Crippen molar-refractivity contribution in [2.45, 2.75) is 58.7 Å². The Morgan fingerprint density at radius 3 is 2.65 bits per heavy atom. The van der Waals surface area contributed by atoms with E-state index >= 15 is 0 Å². The molecule has 0 aromatic carbocycles. The quantitative estimate of drug-likeness (QED) is 0.854. The molecule has 2 aromatic rings. The van der Waals surface area contributed by atoms with Crippen LogP contribution in [0.5, 0.6) is 0 Å². The van der Waals surface area contributed by atoms with E-state index in [9.17, 15) is 9.59 Å². The number of aromatic nitrogens is 4. The summed E-state index contributed by atoms with van der Waals surface area (Å²) in [5.41, 5.74) is 0.262. The van der Waals surface area contributed by atoms with Crippen molar-refractivity contribution in [3.63, 3.8) is 0 Å². The molecule has 2 heterocycles. The zero-order valence-electron chi connectivity index (χ0n) is 13.8. The third kappa shape index (κ3) is 3.21. The van der Waals surface area contributed by atoms with E-state index in [0.717, 1.165) is 18.5 Å². The fourth-order valence-corrected chi connectivity index (χ4v) is 3.37. The van der Waals surface area contributed by atoms with E-state index in [0.29, 0.717) is 11.7 Å². The molecule has 2 aromatic heterocycles. The number of hydrogen-bond donors (Lipinski definition) is 0. The summed E-state index contributed by atoms with van der Waals surface area (Å²) in [6.07, 6.45) is 3.61. The first-order valence-corrected chi connectivity index (χ1v) is 8.54. The van der Waals surface area contributed by atoms with Crippen LogP contribution >= 0.6 is 11.3 Å². The number of thiazole rings is 1. The van der Waals surface area contributed by atoms with Gasteiger partial charge in [0.1, 0.15) is 6.33 Å². The van der Waals surface area contributed by atoms with Gasteiger partial charge in [-0.15, -0.1) is 11.3 Å². The maximum Gasteiger partial charge on any atom is 0.346 e. The lowest BCUT2D eigenvalue weighted by molar-refractivity contribution is -0.116. The molecule has 8 heteroatoms. The number of anilines is 1. The van der Waals surface area contributed by atoms with Gasteiger partial charge in [0.15, 0.2) is 5.13 Å². The van der Waals surface area contributed by atoms with Crippen LogP contribution < -0.4 is 10.6 Å². The minimum atomic E-state index is -0.354. The minimum Gasteiger partial charge on any atom is -0.285 e. The van der Waals surface area contributed by atoms with Crippen LogP contribution in [-0.4, -0.2) is 31.3 Å². The lowest BCUT2D eigenvalue weighted by atomic mass is 10.1. The molecule has 0 spiro atoms. The van der Waals surface area contributed by atoms with Crippen LogP contribution in [0.25, 0.3) is 0 Å². The Balaban J connectivity index is 1.81. The monoisotopic (exact) mass is 335 g/mol. The van der Waals surface area contributed by atoms with Gasteiger partial charge in [0, 0.05) is 18.3 Å². The van der Waals surface area contributed by atoms with Gasteiger partial charge in [-0.25, -0.2) is 14.5 Å². The maximum atomic E-state index is 12.4. The summed E-state index contributed by atoms with van der Waals surface area (Å²) in [5.74, 6) is 0.0196. The third-order valence-corrected chi connectivity index (χ3v) is 4.59. The van der Waals surface area contributed by atoms with E-state index in [1.165, 1.54) is 22.3 Å². The molecule has 1 aliphatic rings. The fraction of sp³-hybridized carbons (Fsp3) is 0.600. The largest absolute Gasteiger partial charge is 0.346 e. The van der Waals surface area contributed by atoms with Crippen LogP contribution in [-0.2, 0) is 16.9 Å². The predicted molar refractivity (Wildman–Crippen MR) is 88.9 cm³/mol. The van der Waals surface area contributed by atoms with Crippen molar-refractivity contribution in [3.05, 3.63) is 27.9 Å². The zero-order valence-corrected chi connectivity index (χ0v) is 14.6. The second-order valence-electron chi connectivity index (χ2n) is 6.87. The first-order valence-electron chi connectivity index (χ1n) is 7.66. The standard InChI is InChI=1S/C15H21N5O2S/c1-10(21)19(12-5-6-12)13-17-11(8-23-13)7-18-9-16-20(14(18)22)15(2,3)4/h8-9,12H,5-7H2,1-4H3. The minimum absolute atomic E-state index is 0.0196. The summed E-state index contributed by atoms with van der Waals surface area (Å²) >= 11 is 1.44. The molecule has 0 radical (unpaired) electrons. The van der Waals surface area contributed by atoms with Crippen molar-refractivity contribution in [1.82, 2.24) is 19.3 Å². The van der Waals surface area contributed by atoms with Crippen molar-refractivity contribution >= 4 is 22.4 Å². The van der Waals surface area contributed by atoms with Crippen molar-refractivity contribution in [3.8, 4) is 0 Å². The molecule has 0 aliphatic heterocycles. The summed E-state index contributed by atoms with van der Waals surface area (Å²) in [4.78, 5) is 30.4. The Kier molecular flexibility index (Phi) is 3.87. The molecule has 7 nitrogen and oxygen atoms in total. The average molecular weight is 335 g/mol. The van der Waals surface area contributed by atoms with Crippen molar-refractivity contribution in [2.75, 3.05) is 4.90 Å². The SMILES string of the molecule is CC(=O)N(c1nc(Cn2cnn(C(C)(C)C)c2=O)cs1)C1CC1. The Morgan fingerprint density at radius 2 is 2.13 bits per heavy atom. The van der Waals surface area contributed by atoms with Gasteiger partial charge in [-0.3, -0.25) is 14.3 Å². The molecule has 0 bridgehead atoms. The second kappa shape index (κ2) is 5.59. The molecule has 1 fully saturated rings. The molecule has 3 rings (SSSR count). The van der Waals surface area contributed by atoms with E-state index in [4.69, 9.17) is 0 Å². The molecule has 23 heavy (non-hydrogen) atoms. The molecule has 124 valence electrons. The molecule has 0 N–H and O–H groups in total. The van der Waals surface area contributed by atoms with Crippen LogP contribution in [0.4, 0.5) is 5.13 Å². The molecule has 1 aliphatic carbocycles. The third-order valence-electron chi connectivity index (χ3n) is 3.70. The summed E-state index contributed by atoms with van der Waals surface area (Å²) < 4.78 is 3.01. The summed E-state index contributed by atoms with van der Waals surface area (Å²) in [6, 6.07) is 0.290. The van der Waals surface area contributed by atoms with Gasteiger partial charge in [0.2, 0.25) is 5.91 Å². The number of carbonyl (C=O) groups excluding carboxylic acids is 1. The number of carbonyl (C=O) groups is 1. The molecular formula is C15H21N5O2S. The van der Waals surface area contributed by atoms with Gasteiger partial charge in [0.05, 0.1) is 17.8 Å². The lowest BCUT2D eigenvalue weighted by Gasteiger charge is -2.17. The Hall–Kier alpha value is -1.96. The van der Waals surface area contributed by atoms with Gasteiger partial charge in [-0.2, -0.15) is 5.10 Å². The highest BCUT2D eigenvalue weighted by Gasteiger charge is 2.33. The first kappa shape index (κ1) is 15.9. The van der Waals surface area contributed by atoms with E-state index in [-0.39, 0.29) is 23.2 Å². The summed E-state index contributed by atoms with van der Waals surface area (Å²) in [5, 5.41) is 6.78. The van der Waals surface area contributed by atoms with E-state index in [1.807, 2.05) is 26.2 Å². The smallest absolute Gasteiger partial charge is 0.285 e. The van der Waals surface area contributed by atoms with Crippen molar-refractivity contribution in [1.29, 1.82) is 0 Å².